The smallest absolute Gasteiger partial charge is 0.269 e. The molecule has 2 aromatic carbocycles. The van der Waals surface area contributed by atoms with E-state index in [9.17, 15) is 38.2 Å². The zero-order chi connectivity index (χ0) is 28.0. The fourth-order valence-corrected chi connectivity index (χ4v) is 2.94. The van der Waals surface area contributed by atoms with Crippen molar-refractivity contribution in [3.05, 3.63) is 79.9 Å². The molecule has 0 aliphatic carbocycles. The van der Waals surface area contributed by atoms with Crippen LogP contribution in [0.15, 0.2) is 48.5 Å². The molecule has 2 rings (SSSR count). The number of nitrogens with one attached hydrogen (secondary N) is 1. The highest BCUT2D eigenvalue weighted by molar-refractivity contribution is 7.85. The van der Waals surface area contributed by atoms with Gasteiger partial charge in [0, 0.05) is 41.9 Å². The fourth-order valence-electron chi connectivity index (χ4n) is 2.94. The minimum Gasteiger partial charge on any atom is -0.330 e. The zero-order valence-corrected chi connectivity index (χ0v) is 20.9. The molecule has 0 unspecified atom stereocenters. The molecule has 14 nitrogen and oxygen atoms in total. The van der Waals surface area contributed by atoms with Crippen molar-refractivity contribution in [3.63, 3.8) is 0 Å². The van der Waals surface area contributed by atoms with Crippen LogP contribution in [0.4, 0.5) is 11.4 Å². The van der Waals surface area contributed by atoms with Gasteiger partial charge < -0.3 is 11.1 Å². The van der Waals surface area contributed by atoms with Crippen LogP contribution in [0.25, 0.3) is 0 Å². The van der Waals surface area contributed by atoms with Crippen LogP contribution in [-0.2, 0) is 10.1 Å². The first kappa shape index (κ1) is 31.2. The van der Waals surface area contributed by atoms with E-state index < -0.39 is 31.8 Å². The van der Waals surface area contributed by atoms with Crippen molar-refractivity contribution in [3.8, 4) is 0 Å². The third-order valence-corrected chi connectivity index (χ3v) is 4.68. The van der Waals surface area contributed by atoms with Gasteiger partial charge in [-0.15, -0.1) is 0 Å². The molecule has 0 saturated heterocycles. The Morgan fingerprint density at radius 1 is 0.865 bits per heavy atom. The van der Waals surface area contributed by atoms with Crippen LogP contribution in [0, 0.1) is 20.2 Å². The molecular formula is C22H29N5O9S. The van der Waals surface area contributed by atoms with Crippen LogP contribution < -0.4 is 11.1 Å². The lowest BCUT2D eigenvalue weighted by atomic mass is 10.1. The van der Waals surface area contributed by atoms with Crippen LogP contribution in [0.2, 0.25) is 0 Å². The molecule has 15 heteroatoms. The van der Waals surface area contributed by atoms with Crippen LogP contribution >= 0.6 is 0 Å². The molecule has 0 heterocycles. The number of hydrogen-bond acceptors (Lipinski definition) is 10. The average Bonchev–Trinajstić information content (AvgIpc) is 2.84. The van der Waals surface area contributed by atoms with Crippen molar-refractivity contribution in [2.45, 2.75) is 19.3 Å². The van der Waals surface area contributed by atoms with Gasteiger partial charge in [0.25, 0.3) is 33.3 Å². The molecule has 0 atom stereocenters. The Kier molecular flexibility index (Phi) is 13.0. The highest BCUT2D eigenvalue weighted by Crippen LogP contribution is 2.17. The molecule has 0 radical (unpaired) electrons. The number of nitro benzene ring substituents is 2. The summed E-state index contributed by atoms with van der Waals surface area (Å²) < 4.78 is 25.9. The predicted molar refractivity (Wildman–Crippen MR) is 135 cm³/mol. The van der Waals surface area contributed by atoms with E-state index in [1.165, 1.54) is 48.5 Å². The van der Waals surface area contributed by atoms with Gasteiger partial charge in [-0.1, -0.05) is 0 Å². The lowest BCUT2D eigenvalue weighted by molar-refractivity contribution is -0.385. The molecule has 2 amide bonds. The Morgan fingerprint density at radius 3 is 1.59 bits per heavy atom. The maximum Gasteiger partial charge on any atom is 0.269 e. The molecule has 0 aliphatic rings. The summed E-state index contributed by atoms with van der Waals surface area (Å²) in [6, 6.07) is 9.95. The van der Waals surface area contributed by atoms with Crippen molar-refractivity contribution in [2.24, 2.45) is 5.73 Å². The summed E-state index contributed by atoms with van der Waals surface area (Å²) in [4.78, 5) is 47.6. The fraction of sp³-hybridized carbons (Fsp3) is 0.364. The standard InChI is InChI=1S/C21H25N5O6.CH4O3S/c22-12-1-2-13-23-14-3-15-24(20(27)16-4-8-18(9-5-16)25(29)30)21(28)17-6-10-19(11-7-17)26(31)32;1-5(2,3)4/h4-11,23H,1-3,12-15,22H2;1H3,(H,2,3,4). The second-order valence-corrected chi connectivity index (χ2v) is 9.17. The normalized spacial score (nSPS) is 10.7. The van der Waals surface area contributed by atoms with Crippen LogP contribution in [0.5, 0.6) is 0 Å². The number of nitro groups is 2. The summed E-state index contributed by atoms with van der Waals surface area (Å²) in [5.74, 6) is -1.21. The summed E-state index contributed by atoms with van der Waals surface area (Å²) in [7, 11) is -3.67. The molecule has 0 bridgehead atoms. The Morgan fingerprint density at radius 2 is 1.24 bits per heavy atom. The minimum absolute atomic E-state index is 0.107. The van der Waals surface area contributed by atoms with Crippen molar-refractivity contribution in [1.82, 2.24) is 10.2 Å². The van der Waals surface area contributed by atoms with Gasteiger partial charge in [0.2, 0.25) is 0 Å². The first-order valence-electron chi connectivity index (χ1n) is 11.0. The molecule has 2 aromatic rings. The van der Waals surface area contributed by atoms with E-state index in [0.717, 1.165) is 24.3 Å². The highest BCUT2D eigenvalue weighted by Gasteiger charge is 2.25. The van der Waals surface area contributed by atoms with Crippen molar-refractivity contribution < 1.29 is 32.4 Å². The quantitative estimate of drug-likeness (QED) is 0.116. The summed E-state index contributed by atoms with van der Waals surface area (Å²) in [5.41, 5.74) is 5.37. The number of non-ortho nitro benzene ring substituents is 2. The number of unbranched alkanes of at least 4 members (excludes halogenated alkanes) is 1. The first-order valence-corrected chi connectivity index (χ1v) is 12.9. The summed E-state index contributed by atoms with van der Waals surface area (Å²) in [6.07, 6.45) is 3.02. The Labute approximate surface area is 213 Å². The number of rotatable bonds is 12. The van der Waals surface area contributed by atoms with E-state index in [1.54, 1.807) is 0 Å². The van der Waals surface area contributed by atoms with E-state index >= 15 is 0 Å². The van der Waals surface area contributed by atoms with E-state index in [-0.39, 0.29) is 29.0 Å². The minimum atomic E-state index is -3.67. The summed E-state index contributed by atoms with van der Waals surface area (Å²) in [6.45, 7) is 2.06. The lowest BCUT2D eigenvalue weighted by Gasteiger charge is -2.21. The van der Waals surface area contributed by atoms with Gasteiger partial charge in [-0.2, -0.15) is 8.42 Å². The molecule has 0 saturated carbocycles. The van der Waals surface area contributed by atoms with E-state index in [1.807, 2.05) is 0 Å². The monoisotopic (exact) mass is 539 g/mol. The number of amides is 2. The third-order valence-electron chi connectivity index (χ3n) is 4.68. The Bertz CT molecular complexity index is 1090. The summed E-state index contributed by atoms with van der Waals surface area (Å²) in [5, 5.41) is 24.9. The molecular weight excluding hydrogens is 510 g/mol. The lowest BCUT2D eigenvalue weighted by Crippen LogP contribution is -2.38. The number of imide groups is 1. The number of hydrogen-bond donors (Lipinski definition) is 3. The van der Waals surface area contributed by atoms with Crippen molar-refractivity contribution >= 4 is 33.3 Å². The Balaban J connectivity index is 0.00000124. The molecule has 0 aromatic heterocycles. The van der Waals surface area contributed by atoms with Crippen LogP contribution in [-0.4, -0.2) is 72.0 Å². The largest absolute Gasteiger partial charge is 0.330 e. The first-order chi connectivity index (χ1) is 17.3. The van der Waals surface area contributed by atoms with Crippen molar-refractivity contribution in [1.29, 1.82) is 0 Å². The maximum atomic E-state index is 13.0. The van der Waals surface area contributed by atoms with E-state index in [0.29, 0.717) is 25.8 Å². The van der Waals surface area contributed by atoms with Gasteiger partial charge >= 0.3 is 0 Å². The van der Waals surface area contributed by atoms with Gasteiger partial charge in [-0.05, 0) is 63.2 Å². The van der Waals surface area contributed by atoms with E-state index in [2.05, 4.69) is 5.32 Å². The predicted octanol–water partition coefficient (Wildman–Crippen LogP) is 2.01. The van der Waals surface area contributed by atoms with Crippen LogP contribution in [0.3, 0.4) is 0 Å². The summed E-state index contributed by atoms with van der Waals surface area (Å²) >= 11 is 0. The highest BCUT2D eigenvalue weighted by atomic mass is 32.2. The van der Waals surface area contributed by atoms with Gasteiger partial charge in [-0.3, -0.25) is 39.3 Å². The molecule has 4 N–H and O–H groups in total. The van der Waals surface area contributed by atoms with Gasteiger partial charge in [0.15, 0.2) is 0 Å². The molecule has 202 valence electrons. The number of benzene rings is 2. The van der Waals surface area contributed by atoms with E-state index in [4.69, 9.17) is 10.3 Å². The second-order valence-electron chi connectivity index (χ2n) is 7.70. The Hall–Kier alpha value is -3.79. The third kappa shape index (κ3) is 12.1. The number of carbonyl (C=O) groups is 2. The molecule has 0 aliphatic heterocycles. The van der Waals surface area contributed by atoms with Gasteiger partial charge in [0.05, 0.1) is 16.1 Å². The molecule has 0 fully saturated rings. The molecule has 0 spiro atoms. The van der Waals surface area contributed by atoms with Crippen molar-refractivity contribution in [2.75, 3.05) is 32.4 Å². The SMILES string of the molecule is CS(=O)(=O)O.NCCCCNCCCN(C(=O)c1ccc([N+](=O)[O-])cc1)C(=O)c1ccc([N+](=O)[O-])cc1. The maximum absolute atomic E-state index is 13.0. The van der Waals surface area contributed by atoms with Gasteiger partial charge in [0.1, 0.15) is 0 Å². The van der Waals surface area contributed by atoms with Gasteiger partial charge in [-0.25, -0.2) is 0 Å². The molecule has 37 heavy (non-hydrogen) atoms. The number of carbonyl (C=O) groups excluding carboxylic acids is 2. The topological polar surface area (TPSA) is 216 Å². The second kappa shape index (κ2) is 15.4. The zero-order valence-electron chi connectivity index (χ0n) is 20.1. The van der Waals surface area contributed by atoms with Crippen LogP contribution in [0.1, 0.15) is 40.0 Å². The average molecular weight is 540 g/mol. The number of nitrogens with two attached hydrogens (primary N) is 1. The number of nitrogens with zero attached hydrogens (tertiary/aromatic N) is 3.